The molecule has 0 bridgehead atoms. The molecule has 0 aliphatic rings. The van der Waals surface area contributed by atoms with Crippen LogP contribution >= 0.6 is 11.3 Å². The molecule has 0 fully saturated rings. The van der Waals surface area contributed by atoms with Gasteiger partial charge in [0.2, 0.25) is 0 Å². The number of para-hydroxylation sites is 1. The minimum absolute atomic E-state index is 0.771. The number of rotatable bonds is 6. The standard InChI is InChI=1S/C16H18N2OS/c1-2-9-17-11-13-8-7-12(19-13)10-16-18-14-5-3-4-6-15(14)20-16/h3-8,17H,2,9-11H2,1H3. The molecular formula is C16H18N2OS. The molecule has 0 unspecified atom stereocenters. The highest BCUT2D eigenvalue weighted by molar-refractivity contribution is 7.18. The molecule has 2 aromatic heterocycles. The molecule has 0 aliphatic heterocycles. The fourth-order valence-corrected chi connectivity index (χ4v) is 3.12. The minimum Gasteiger partial charge on any atom is -0.464 e. The summed E-state index contributed by atoms with van der Waals surface area (Å²) in [6, 6.07) is 12.3. The molecule has 0 spiro atoms. The summed E-state index contributed by atoms with van der Waals surface area (Å²) in [5.74, 6) is 1.98. The fraction of sp³-hybridized carbons (Fsp3) is 0.312. The molecule has 0 saturated heterocycles. The quantitative estimate of drug-likeness (QED) is 0.697. The van der Waals surface area contributed by atoms with E-state index in [1.165, 1.54) is 4.70 Å². The van der Waals surface area contributed by atoms with Crippen LogP contribution < -0.4 is 5.32 Å². The number of aromatic nitrogens is 1. The van der Waals surface area contributed by atoms with Crippen LogP contribution in [0.1, 0.15) is 29.9 Å². The Hall–Kier alpha value is -1.65. The van der Waals surface area contributed by atoms with Gasteiger partial charge >= 0.3 is 0 Å². The first-order valence-electron chi connectivity index (χ1n) is 6.98. The van der Waals surface area contributed by atoms with Gasteiger partial charge in [-0.2, -0.15) is 0 Å². The summed E-state index contributed by atoms with van der Waals surface area (Å²) >= 11 is 1.74. The number of fused-ring (bicyclic) bond motifs is 1. The first-order chi connectivity index (χ1) is 9.85. The molecule has 0 aliphatic carbocycles. The van der Waals surface area contributed by atoms with Crippen LogP contribution in [0.4, 0.5) is 0 Å². The van der Waals surface area contributed by atoms with E-state index < -0.39 is 0 Å². The molecule has 0 saturated carbocycles. The third-order valence-electron chi connectivity index (χ3n) is 3.11. The van der Waals surface area contributed by atoms with E-state index in [-0.39, 0.29) is 0 Å². The van der Waals surface area contributed by atoms with Crippen LogP contribution in [0.15, 0.2) is 40.8 Å². The van der Waals surface area contributed by atoms with Crippen LogP contribution in [0, 0.1) is 0 Å². The molecule has 0 amide bonds. The Morgan fingerprint density at radius 2 is 2.00 bits per heavy atom. The highest BCUT2D eigenvalue weighted by atomic mass is 32.1. The Balaban J connectivity index is 1.68. The lowest BCUT2D eigenvalue weighted by atomic mass is 10.3. The van der Waals surface area contributed by atoms with Crippen molar-refractivity contribution in [3.05, 3.63) is 52.9 Å². The number of nitrogens with one attached hydrogen (secondary N) is 1. The average molecular weight is 286 g/mol. The lowest BCUT2D eigenvalue weighted by Crippen LogP contribution is -2.13. The van der Waals surface area contributed by atoms with Gasteiger partial charge < -0.3 is 9.73 Å². The number of hydrogen-bond acceptors (Lipinski definition) is 4. The van der Waals surface area contributed by atoms with Crippen LogP contribution in [0.5, 0.6) is 0 Å². The zero-order valence-corrected chi connectivity index (χ0v) is 12.4. The first kappa shape index (κ1) is 13.3. The van der Waals surface area contributed by atoms with Gasteiger partial charge in [0.1, 0.15) is 16.5 Å². The van der Waals surface area contributed by atoms with E-state index in [4.69, 9.17) is 4.42 Å². The molecule has 3 nitrogen and oxygen atoms in total. The predicted octanol–water partition coefficient (Wildman–Crippen LogP) is 3.98. The third kappa shape index (κ3) is 3.08. The smallest absolute Gasteiger partial charge is 0.117 e. The van der Waals surface area contributed by atoms with Gasteiger partial charge in [0.15, 0.2) is 0 Å². The van der Waals surface area contributed by atoms with Gasteiger partial charge in [-0.3, -0.25) is 0 Å². The van der Waals surface area contributed by atoms with Crippen molar-refractivity contribution in [2.24, 2.45) is 0 Å². The van der Waals surface area contributed by atoms with Crippen molar-refractivity contribution >= 4 is 21.6 Å². The summed E-state index contributed by atoms with van der Waals surface area (Å²) < 4.78 is 7.07. The van der Waals surface area contributed by atoms with E-state index in [0.717, 1.165) is 48.0 Å². The molecule has 2 heterocycles. The van der Waals surface area contributed by atoms with Crippen molar-refractivity contribution in [1.82, 2.24) is 10.3 Å². The first-order valence-corrected chi connectivity index (χ1v) is 7.79. The van der Waals surface area contributed by atoms with Crippen LogP contribution in [0.25, 0.3) is 10.2 Å². The lowest BCUT2D eigenvalue weighted by molar-refractivity contribution is 0.453. The SMILES string of the molecule is CCCNCc1ccc(Cc2nc3ccccc3s2)o1. The largest absolute Gasteiger partial charge is 0.464 e. The van der Waals surface area contributed by atoms with Crippen molar-refractivity contribution in [2.75, 3.05) is 6.54 Å². The maximum absolute atomic E-state index is 5.83. The number of nitrogens with zero attached hydrogens (tertiary/aromatic N) is 1. The number of benzene rings is 1. The van der Waals surface area contributed by atoms with Crippen molar-refractivity contribution in [2.45, 2.75) is 26.3 Å². The van der Waals surface area contributed by atoms with Crippen molar-refractivity contribution in [1.29, 1.82) is 0 Å². The normalized spacial score (nSPS) is 11.2. The van der Waals surface area contributed by atoms with Crippen LogP contribution in [-0.2, 0) is 13.0 Å². The van der Waals surface area contributed by atoms with Crippen molar-refractivity contribution in [3.63, 3.8) is 0 Å². The summed E-state index contributed by atoms with van der Waals surface area (Å²) in [4.78, 5) is 4.64. The molecule has 4 heteroatoms. The van der Waals surface area contributed by atoms with Crippen LogP contribution in [0.3, 0.4) is 0 Å². The Bertz CT molecular complexity index is 653. The Kier molecular flexibility index (Phi) is 4.14. The van der Waals surface area contributed by atoms with Crippen LogP contribution in [-0.4, -0.2) is 11.5 Å². The third-order valence-corrected chi connectivity index (χ3v) is 4.14. The number of furan rings is 1. The predicted molar refractivity (Wildman–Crippen MR) is 83.1 cm³/mol. The Morgan fingerprint density at radius 1 is 1.15 bits per heavy atom. The summed E-state index contributed by atoms with van der Waals surface area (Å²) in [6.07, 6.45) is 1.91. The average Bonchev–Trinajstić information content (AvgIpc) is 3.05. The molecule has 3 rings (SSSR count). The van der Waals surface area contributed by atoms with Gasteiger partial charge in [-0.1, -0.05) is 19.1 Å². The van der Waals surface area contributed by atoms with E-state index in [1.807, 2.05) is 12.1 Å². The molecule has 20 heavy (non-hydrogen) atoms. The number of hydrogen-bond donors (Lipinski definition) is 1. The maximum Gasteiger partial charge on any atom is 0.117 e. The second kappa shape index (κ2) is 6.20. The highest BCUT2D eigenvalue weighted by Gasteiger charge is 2.07. The van der Waals surface area contributed by atoms with Crippen molar-refractivity contribution < 1.29 is 4.42 Å². The maximum atomic E-state index is 5.83. The van der Waals surface area contributed by atoms with Gasteiger partial charge in [0.05, 0.1) is 23.2 Å². The van der Waals surface area contributed by atoms with Gasteiger partial charge in [-0.15, -0.1) is 11.3 Å². The second-order valence-corrected chi connectivity index (χ2v) is 5.91. The zero-order chi connectivity index (χ0) is 13.8. The summed E-state index contributed by atoms with van der Waals surface area (Å²) in [5, 5.41) is 4.45. The number of thiazole rings is 1. The molecule has 0 atom stereocenters. The summed E-state index contributed by atoms with van der Waals surface area (Å²) in [7, 11) is 0. The molecular weight excluding hydrogens is 268 g/mol. The zero-order valence-electron chi connectivity index (χ0n) is 11.6. The van der Waals surface area contributed by atoms with E-state index >= 15 is 0 Å². The van der Waals surface area contributed by atoms with E-state index in [0.29, 0.717) is 0 Å². The molecule has 0 radical (unpaired) electrons. The summed E-state index contributed by atoms with van der Waals surface area (Å²) in [5.41, 5.74) is 1.07. The molecule has 1 N–H and O–H groups in total. The monoisotopic (exact) mass is 286 g/mol. The molecule has 104 valence electrons. The second-order valence-electron chi connectivity index (χ2n) is 4.80. The van der Waals surface area contributed by atoms with E-state index in [9.17, 15) is 0 Å². The van der Waals surface area contributed by atoms with Gasteiger partial charge in [-0.05, 0) is 37.2 Å². The van der Waals surface area contributed by atoms with Crippen molar-refractivity contribution in [3.8, 4) is 0 Å². The minimum atomic E-state index is 0.771. The fourth-order valence-electron chi connectivity index (χ4n) is 2.15. The topological polar surface area (TPSA) is 38.1 Å². The Labute approximate surface area is 122 Å². The summed E-state index contributed by atoms with van der Waals surface area (Å²) in [6.45, 7) is 3.98. The van der Waals surface area contributed by atoms with E-state index in [1.54, 1.807) is 11.3 Å². The highest BCUT2D eigenvalue weighted by Crippen LogP contribution is 2.24. The lowest BCUT2D eigenvalue weighted by Gasteiger charge is -1.98. The van der Waals surface area contributed by atoms with Gasteiger partial charge in [-0.25, -0.2) is 4.98 Å². The Morgan fingerprint density at radius 3 is 2.85 bits per heavy atom. The molecule has 3 aromatic rings. The van der Waals surface area contributed by atoms with Crippen LogP contribution in [0.2, 0.25) is 0 Å². The van der Waals surface area contributed by atoms with Gasteiger partial charge in [0, 0.05) is 0 Å². The van der Waals surface area contributed by atoms with E-state index in [2.05, 4.69) is 41.5 Å². The van der Waals surface area contributed by atoms with Gasteiger partial charge in [0.25, 0.3) is 0 Å². The molecule has 1 aromatic carbocycles.